The minimum Gasteiger partial charge on any atom is -0.497 e. The number of hydrogen-bond donors (Lipinski definition) is 1. The van der Waals surface area contributed by atoms with Crippen LogP contribution in [0, 0.1) is 0 Å². The van der Waals surface area contributed by atoms with Gasteiger partial charge in [0.2, 0.25) is 0 Å². The lowest BCUT2D eigenvalue weighted by Gasteiger charge is -2.09. The number of hydrogen-bond acceptors (Lipinski definition) is 3. The minimum absolute atomic E-state index is 0.590. The van der Waals surface area contributed by atoms with Gasteiger partial charge in [-0.3, -0.25) is 0 Å². The second-order valence-electron chi connectivity index (χ2n) is 4.80. The summed E-state index contributed by atoms with van der Waals surface area (Å²) in [7, 11) is 3.61. The fraction of sp³-hybridized carbons (Fsp3) is 0.294. The molecule has 3 nitrogen and oxygen atoms in total. The zero-order valence-electron chi connectivity index (χ0n) is 12.4. The van der Waals surface area contributed by atoms with Crippen LogP contribution in [0.3, 0.4) is 0 Å². The number of nitrogens with one attached hydrogen (secondary N) is 1. The highest BCUT2D eigenvalue weighted by molar-refractivity contribution is 9.10. The second kappa shape index (κ2) is 8.17. The fourth-order valence-electron chi connectivity index (χ4n) is 2.02. The molecule has 1 N–H and O–H groups in total. The van der Waals surface area contributed by atoms with E-state index in [4.69, 9.17) is 9.47 Å². The average Bonchev–Trinajstić information content (AvgIpc) is 2.50. The maximum atomic E-state index is 5.77. The van der Waals surface area contributed by atoms with Gasteiger partial charge in [-0.05, 0) is 41.9 Å². The Morgan fingerprint density at radius 2 is 1.71 bits per heavy atom. The van der Waals surface area contributed by atoms with E-state index < -0.39 is 0 Å². The van der Waals surface area contributed by atoms with E-state index in [0.717, 1.165) is 27.9 Å². The molecule has 0 amide bonds. The highest BCUT2D eigenvalue weighted by Gasteiger charge is 2.02. The van der Waals surface area contributed by atoms with Crippen molar-refractivity contribution in [3.63, 3.8) is 0 Å². The molecule has 0 aliphatic rings. The molecule has 0 saturated heterocycles. The van der Waals surface area contributed by atoms with Crippen LogP contribution in [0.4, 0.5) is 0 Å². The van der Waals surface area contributed by atoms with Crippen LogP contribution >= 0.6 is 15.9 Å². The first-order valence-corrected chi connectivity index (χ1v) is 7.65. The first-order valence-electron chi connectivity index (χ1n) is 6.85. The van der Waals surface area contributed by atoms with Crippen molar-refractivity contribution in [2.45, 2.75) is 19.8 Å². The molecule has 0 aromatic heterocycles. The third-order valence-corrected chi connectivity index (χ3v) is 3.92. The quantitative estimate of drug-likeness (QED) is 0.822. The monoisotopic (exact) mass is 349 g/mol. The van der Waals surface area contributed by atoms with Gasteiger partial charge >= 0.3 is 0 Å². The van der Waals surface area contributed by atoms with Crippen LogP contribution in [0.25, 0.3) is 0 Å². The molecule has 0 unspecified atom stereocenters. The van der Waals surface area contributed by atoms with Crippen LogP contribution in [0.15, 0.2) is 46.9 Å². The van der Waals surface area contributed by atoms with Crippen LogP contribution in [-0.2, 0) is 24.5 Å². The van der Waals surface area contributed by atoms with Gasteiger partial charge in [0.25, 0.3) is 0 Å². The van der Waals surface area contributed by atoms with Gasteiger partial charge in [-0.25, -0.2) is 0 Å². The number of methoxy groups -OCH3 is 1. The lowest BCUT2D eigenvalue weighted by Crippen LogP contribution is -2.05. The molecule has 0 bridgehead atoms. The predicted molar refractivity (Wildman–Crippen MR) is 88.4 cm³/mol. The van der Waals surface area contributed by atoms with Crippen LogP contribution in [0.5, 0.6) is 5.75 Å². The first kappa shape index (κ1) is 16.0. The lowest BCUT2D eigenvalue weighted by atomic mass is 10.1. The first-order chi connectivity index (χ1) is 10.2. The van der Waals surface area contributed by atoms with E-state index in [1.165, 1.54) is 5.56 Å². The second-order valence-corrected chi connectivity index (χ2v) is 5.65. The smallest absolute Gasteiger partial charge is 0.118 e. The van der Waals surface area contributed by atoms with Gasteiger partial charge in [0.05, 0.1) is 20.3 Å². The zero-order chi connectivity index (χ0) is 15.1. The molecule has 2 aromatic carbocycles. The van der Waals surface area contributed by atoms with Crippen molar-refractivity contribution in [3.8, 4) is 5.75 Å². The van der Waals surface area contributed by atoms with Crippen LogP contribution in [0.1, 0.15) is 16.7 Å². The summed E-state index contributed by atoms with van der Waals surface area (Å²) >= 11 is 3.60. The van der Waals surface area contributed by atoms with Crippen molar-refractivity contribution in [2.75, 3.05) is 14.2 Å². The van der Waals surface area contributed by atoms with Crippen molar-refractivity contribution in [3.05, 3.63) is 63.6 Å². The van der Waals surface area contributed by atoms with Gasteiger partial charge in [-0.15, -0.1) is 0 Å². The molecule has 21 heavy (non-hydrogen) atoms. The summed E-state index contributed by atoms with van der Waals surface area (Å²) in [4.78, 5) is 0. The van der Waals surface area contributed by atoms with Crippen molar-refractivity contribution >= 4 is 15.9 Å². The van der Waals surface area contributed by atoms with E-state index >= 15 is 0 Å². The standard InChI is InChI=1S/C17H20BrNO2/c1-19-10-14-3-6-15(17(18)9-14)12-21-11-13-4-7-16(20-2)8-5-13/h3-9,19H,10-12H2,1-2H3. The lowest BCUT2D eigenvalue weighted by molar-refractivity contribution is 0.106. The molecule has 2 aromatic rings. The normalized spacial score (nSPS) is 10.6. The molecule has 0 aliphatic heterocycles. The summed E-state index contributed by atoms with van der Waals surface area (Å²) in [5, 5.41) is 3.14. The summed E-state index contributed by atoms with van der Waals surface area (Å²) in [5.41, 5.74) is 3.55. The molecule has 112 valence electrons. The van der Waals surface area contributed by atoms with Gasteiger partial charge in [-0.2, -0.15) is 0 Å². The third kappa shape index (κ3) is 4.84. The fourth-order valence-corrected chi connectivity index (χ4v) is 2.56. The van der Waals surface area contributed by atoms with Gasteiger partial charge < -0.3 is 14.8 Å². The molecular formula is C17H20BrNO2. The van der Waals surface area contributed by atoms with Gasteiger partial charge in [0.1, 0.15) is 5.75 Å². The summed E-state index contributed by atoms with van der Waals surface area (Å²) in [6.45, 7) is 2.05. The summed E-state index contributed by atoms with van der Waals surface area (Å²) in [6, 6.07) is 14.3. The molecule has 0 saturated carbocycles. The SMILES string of the molecule is CNCc1ccc(COCc2ccc(OC)cc2)c(Br)c1. The van der Waals surface area contributed by atoms with Crippen LogP contribution < -0.4 is 10.1 Å². The molecule has 0 atom stereocenters. The van der Waals surface area contributed by atoms with E-state index in [9.17, 15) is 0 Å². The van der Waals surface area contributed by atoms with E-state index in [-0.39, 0.29) is 0 Å². The number of ether oxygens (including phenoxy) is 2. The summed E-state index contributed by atoms with van der Waals surface area (Å²) in [6.07, 6.45) is 0. The Balaban J connectivity index is 1.87. The molecule has 2 rings (SSSR count). The Kier molecular flexibility index (Phi) is 6.23. The van der Waals surface area contributed by atoms with Crippen molar-refractivity contribution in [1.29, 1.82) is 0 Å². The molecule has 0 fully saturated rings. The van der Waals surface area contributed by atoms with Crippen LogP contribution in [-0.4, -0.2) is 14.2 Å². The molecule has 0 aliphatic carbocycles. The molecule has 0 heterocycles. The van der Waals surface area contributed by atoms with E-state index in [0.29, 0.717) is 13.2 Å². The van der Waals surface area contributed by atoms with Crippen molar-refractivity contribution in [2.24, 2.45) is 0 Å². The topological polar surface area (TPSA) is 30.5 Å². The van der Waals surface area contributed by atoms with Crippen LogP contribution in [0.2, 0.25) is 0 Å². The summed E-state index contributed by atoms with van der Waals surface area (Å²) < 4.78 is 12.0. The Labute approximate surface area is 134 Å². The Morgan fingerprint density at radius 1 is 1.00 bits per heavy atom. The van der Waals surface area contributed by atoms with Crippen molar-refractivity contribution < 1.29 is 9.47 Å². The van der Waals surface area contributed by atoms with E-state index in [1.807, 2.05) is 31.3 Å². The molecular weight excluding hydrogens is 330 g/mol. The van der Waals surface area contributed by atoms with E-state index in [1.54, 1.807) is 7.11 Å². The summed E-state index contributed by atoms with van der Waals surface area (Å²) in [5.74, 6) is 0.863. The van der Waals surface area contributed by atoms with Gasteiger partial charge in [-0.1, -0.05) is 40.2 Å². The Bertz CT molecular complexity index is 570. The molecule has 0 radical (unpaired) electrons. The highest BCUT2D eigenvalue weighted by atomic mass is 79.9. The minimum atomic E-state index is 0.590. The Hall–Kier alpha value is -1.36. The average molecular weight is 350 g/mol. The van der Waals surface area contributed by atoms with Gasteiger partial charge in [0.15, 0.2) is 0 Å². The molecule has 0 spiro atoms. The van der Waals surface area contributed by atoms with E-state index in [2.05, 4.69) is 39.4 Å². The maximum absolute atomic E-state index is 5.77. The molecule has 4 heteroatoms. The number of rotatable bonds is 7. The van der Waals surface area contributed by atoms with Crippen molar-refractivity contribution in [1.82, 2.24) is 5.32 Å². The largest absolute Gasteiger partial charge is 0.497 e. The third-order valence-electron chi connectivity index (χ3n) is 3.18. The highest BCUT2D eigenvalue weighted by Crippen LogP contribution is 2.20. The zero-order valence-corrected chi connectivity index (χ0v) is 13.9. The predicted octanol–water partition coefficient (Wildman–Crippen LogP) is 3.89. The maximum Gasteiger partial charge on any atom is 0.118 e. The number of benzene rings is 2. The number of halogens is 1. The van der Waals surface area contributed by atoms with Gasteiger partial charge in [0, 0.05) is 11.0 Å². The Morgan fingerprint density at radius 3 is 2.33 bits per heavy atom.